The van der Waals surface area contributed by atoms with Crippen molar-refractivity contribution in [3.63, 3.8) is 0 Å². The monoisotopic (exact) mass is 338 g/mol. The first kappa shape index (κ1) is 15.1. The highest BCUT2D eigenvalue weighted by atomic mass is 16.6. The highest BCUT2D eigenvalue weighted by Crippen LogP contribution is 2.32. The van der Waals surface area contributed by atoms with E-state index >= 15 is 0 Å². The Balaban J connectivity index is 1.42. The molecular weight excluding hydrogens is 324 g/mol. The third-order valence-electron chi connectivity index (χ3n) is 3.50. The lowest BCUT2D eigenvalue weighted by Crippen LogP contribution is -2.21. The number of fused-ring (bicyclic) bond motifs is 1. The topological polar surface area (TPSA) is 104 Å². The molecule has 9 nitrogen and oxygen atoms in total. The molecule has 1 aliphatic heterocycles. The lowest BCUT2D eigenvalue weighted by Gasteiger charge is -2.18. The highest BCUT2D eigenvalue weighted by Gasteiger charge is 2.14. The number of aromatic nitrogens is 5. The van der Waals surface area contributed by atoms with E-state index in [0.29, 0.717) is 36.2 Å². The average Bonchev–Trinajstić information content (AvgIpc) is 3.10. The third kappa shape index (κ3) is 3.39. The maximum Gasteiger partial charge on any atom is 0.248 e. The standard InChI is InChI=1S/C16H14N6O3/c23-15(18-12-1-2-13-14(9-12)25-8-7-24-13)10-22-20-16(19-21-22)11-3-5-17-6-4-11/h1-6,9H,7-8,10H2,(H,18,23). The molecule has 25 heavy (non-hydrogen) atoms. The number of tetrazole rings is 1. The number of nitrogens with zero attached hydrogens (tertiary/aromatic N) is 5. The van der Waals surface area contributed by atoms with Crippen molar-refractivity contribution in [2.24, 2.45) is 0 Å². The van der Waals surface area contributed by atoms with E-state index in [1.54, 1.807) is 42.7 Å². The van der Waals surface area contributed by atoms with Crippen LogP contribution in [0, 0.1) is 0 Å². The fraction of sp³-hybridized carbons (Fsp3) is 0.188. The van der Waals surface area contributed by atoms with Gasteiger partial charge < -0.3 is 14.8 Å². The molecule has 1 aliphatic rings. The maximum atomic E-state index is 12.2. The fourth-order valence-corrected chi connectivity index (χ4v) is 2.38. The Morgan fingerprint density at radius 3 is 2.76 bits per heavy atom. The summed E-state index contributed by atoms with van der Waals surface area (Å²) < 4.78 is 10.9. The Morgan fingerprint density at radius 1 is 1.12 bits per heavy atom. The van der Waals surface area contributed by atoms with Crippen molar-refractivity contribution in [3.05, 3.63) is 42.7 Å². The second-order valence-corrected chi connectivity index (χ2v) is 5.29. The summed E-state index contributed by atoms with van der Waals surface area (Å²) in [7, 11) is 0. The predicted molar refractivity (Wildman–Crippen MR) is 87.1 cm³/mol. The van der Waals surface area contributed by atoms with Crippen molar-refractivity contribution < 1.29 is 14.3 Å². The van der Waals surface area contributed by atoms with Gasteiger partial charge in [-0.3, -0.25) is 9.78 Å². The summed E-state index contributed by atoms with van der Waals surface area (Å²) in [6.45, 7) is 0.966. The minimum Gasteiger partial charge on any atom is -0.486 e. The van der Waals surface area contributed by atoms with Crippen molar-refractivity contribution >= 4 is 11.6 Å². The zero-order valence-corrected chi connectivity index (χ0v) is 13.1. The molecule has 3 heterocycles. The molecule has 0 unspecified atom stereocenters. The molecule has 1 amide bonds. The fourth-order valence-electron chi connectivity index (χ4n) is 2.38. The van der Waals surface area contributed by atoms with E-state index in [4.69, 9.17) is 9.47 Å². The number of nitrogens with one attached hydrogen (secondary N) is 1. The number of rotatable bonds is 4. The number of hydrogen-bond acceptors (Lipinski definition) is 7. The van der Waals surface area contributed by atoms with Crippen LogP contribution >= 0.6 is 0 Å². The normalized spacial score (nSPS) is 12.6. The molecule has 126 valence electrons. The average molecular weight is 338 g/mol. The number of carbonyl (C=O) groups is 1. The summed E-state index contributed by atoms with van der Waals surface area (Å²) in [6, 6.07) is 8.79. The molecule has 9 heteroatoms. The third-order valence-corrected chi connectivity index (χ3v) is 3.50. The first-order valence-electron chi connectivity index (χ1n) is 7.66. The summed E-state index contributed by atoms with van der Waals surface area (Å²) in [5.74, 6) is 1.46. The van der Waals surface area contributed by atoms with Gasteiger partial charge in [-0.25, -0.2) is 0 Å². The van der Waals surface area contributed by atoms with E-state index in [1.165, 1.54) is 4.80 Å². The molecule has 0 radical (unpaired) electrons. The van der Waals surface area contributed by atoms with Crippen LogP contribution in [0.4, 0.5) is 5.69 Å². The minimum absolute atomic E-state index is 0.0491. The van der Waals surface area contributed by atoms with Gasteiger partial charge in [0.05, 0.1) is 0 Å². The van der Waals surface area contributed by atoms with E-state index in [0.717, 1.165) is 5.56 Å². The number of amides is 1. The lowest BCUT2D eigenvalue weighted by molar-refractivity contribution is -0.117. The number of ether oxygens (including phenoxy) is 2. The second-order valence-electron chi connectivity index (χ2n) is 5.29. The molecule has 3 aromatic rings. The van der Waals surface area contributed by atoms with Gasteiger partial charge in [0.15, 0.2) is 11.5 Å². The Bertz CT molecular complexity index is 896. The van der Waals surface area contributed by atoms with Crippen LogP contribution in [0.5, 0.6) is 11.5 Å². The number of benzene rings is 1. The van der Waals surface area contributed by atoms with Crippen molar-refractivity contribution in [1.82, 2.24) is 25.2 Å². The number of anilines is 1. The largest absolute Gasteiger partial charge is 0.486 e. The van der Waals surface area contributed by atoms with Crippen LogP contribution in [0.2, 0.25) is 0 Å². The summed E-state index contributed by atoms with van der Waals surface area (Å²) in [6.07, 6.45) is 3.29. The zero-order valence-electron chi connectivity index (χ0n) is 13.1. The van der Waals surface area contributed by atoms with E-state index in [-0.39, 0.29) is 12.5 Å². The molecule has 0 fully saturated rings. The smallest absolute Gasteiger partial charge is 0.248 e. The second kappa shape index (κ2) is 6.56. The van der Waals surface area contributed by atoms with E-state index < -0.39 is 0 Å². The van der Waals surface area contributed by atoms with E-state index in [1.807, 2.05) is 0 Å². The van der Waals surface area contributed by atoms with Crippen LogP contribution in [0.25, 0.3) is 11.4 Å². The van der Waals surface area contributed by atoms with Gasteiger partial charge in [0.2, 0.25) is 11.7 Å². The molecule has 1 N–H and O–H groups in total. The highest BCUT2D eigenvalue weighted by molar-refractivity contribution is 5.90. The zero-order chi connectivity index (χ0) is 17.1. The van der Waals surface area contributed by atoms with Gasteiger partial charge in [0.1, 0.15) is 19.8 Å². The molecule has 0 saturated carbocycles. The summed E-state index contributed by atoms with van der Waals surface area (Å²) in [4.78, 5) is 17.4. The first-order chi connectivity index (χ1) is 12.3. The number of pyridine rings is 1. The van der Waals surface area contributed by atoms with E-state index in [9.17, 15) is 4.79 Å². The summed E-state index contributed by atoms with van der Waals surface area (Å²) >= 11 is 0. The van der Waals surface area contributed by atoms with Gasteiger partial charge in [-0.05, 0) is 29.5 Å². The van der Waals surface area contributed by atoms with Crippen molar-refractivity contribution in [1.29, 1.82) is 0 Å². The molecule has 0 bridgehead atoms. The first-order valence-corrected chi connectivity index (χ1v) is 7.66. The van der Waals surface area contributed by atoms with Gasteiger partial charge in [0, 0.05) is 29.7 Å². The van der Waals surface area contributed by atoms with Gasteiger partial charge in [0.25, 0.3) is 0 Å². The molecule has 1 aromatic carbocycles. The summed E-state index contributed by atoms with van der Waals surface area (Å²) in [5.41, 5.74) is 1.40. The van der Waals surface area contributed by atoms with Gasteiger partial charge in [-0.1, -0.05) is 0 Å². The quantitative estimate of drug-likeness (QED) is 0.761. The van der Waals surface area contributed by atoms with Crippen LogP contribution in [0.15, 0.2) is 42.7 Å². The Hall–Kier alpha value is -3.49. The molecule has 2 aromatic heterocycles. The molecular formula is C16H14N6O3. The number of hydrogen-bond donors (Lipinski definition) is 1. The van der Waals surface area contributed by atoms with Crippen molar-refractivity contribution in [3.8, 4) is 22.9 Å². The van der Waals surface area contributed by atoms with Crippen LogP contribution in [-0.4, -0.2) is 44.3 Å². The Labute approximate surface area is 142 Å². The van der Waals surface area contributed by atoms with Crippen LogP contribution in [0.3, 0.4) is 0 Å². The molecule has 0 saturated heterocycles. The Morgan fingerprint density at radius 2 is 1.92 bits per heavy atom. The van der Waals surface area contributed by atoms with Crippen LogP contribution in [-0.2, 0) is 11.3 Å². The summed E-state index contributed by atoms with van der Waals surface area (Å²) in [5, 5.41) is 14.8. The molecule has 0 spiro atoms. The number of carbonyl (C=O) groups excluding carboxylic acids is 1. The van der Waals surface area contributed by atoms with Crippen molar-refractivity contribution in [2.75, 3.05) is 18.5 Å². The maximum absolute atomic E-state index is 12.2. The molecule has 4 rings (SSSR count). The lowest BCUT2D eigenvalue weighted by atomic mass is 10.2. The van der Waals surface area contributed by atoms with Gasteiger partial charge in [-0.15, -0.1) is 10.2 Å². The minimum atomic E-state index is -0.268. The van der Waals surface area contributed by atoms with Crippen LogP contribution < -0.4 is 14.8 Å². The molecule has 0 atom stereocenters. The SMILES string of the molecule is O=C(Cn1nnc(-c2ccncc2)n1)Nc1ccc2c(c1)OCCO2. The van der Waals surface area contributed by atoms with Gasteiger partial charge >= 0.3 is 0 Å². The van der Waals surface area contributed by atoms with E-state index in [2.05, 4.69) is 25.7 Å². The Kier molecular flexibility index (Phi) is 3.95. The molecule has 0 aliphatic carbocycles. The van der Waals surface area contributed by atoms with Gasteiger partial charge in [-0.2, -0.15) is 4.80 Å². The predicted octanol–water partition coefficient (Wildman–Crippen LogP) is 1.14. The van der Waals surface area contributed by atoms with Crippen LogP contribution in [0.1, 0.15) is 0 Å². The van der Waals surface area contributed by atoms with Crippen molar-refractivity contribution in [2.45, 2.75) is 6.54 Å².